The van der Waals surface area contributed by atoms with Crippen molar-refractivity contribution in [1.29, 1.82) is 0 Å². The van der Waals surface area contributed by atoms with Gasteiger partial charge in [-0.2, -0.15) is 8.78 Å². The van der Waals surface area contributed by atoms with Crippen LogP contribution in [-0.2, 0) is 19.4 Å². The number of carbonyl (C=O) groups excluding carboxylic acids is 3. The number of hydrogen-bond acceptors (Lipinski definition) is 6. The fourth-order valence-corrected chi connectivity index (χ4v) is 3.52. The summed E-state index contributed by atoms with van der Waals surface area (Å²) in [5.41, 5.74) is 0.805. The lowest BCUT2D eigenvalue weighted by molar-refractivity contribution is -0.119. The van der Waals surface area contributed by atoms with Crippen LogP contribution in [0.5, 0.6) is 0 Å². The number of carbonyl (C=O) groups is 3. The van der Waals surface area contributed by atoms with Gasteiger partial charge in [0.05, 0.1) is 21.7 Å². The molecule has 2 N–H and O–H groups in total. The molecule has 0 aliphatic rings. The lowest BCUT2D eigenvalue weighted by Crippen LogP contribution is -2.23. The number of sulfone groups is 1. The van der Waals surface area contributed by atoms with Crippen molar-refractivity contribution in [3.63, 3.8) is 0 Å². The van der Waals surface area contributed by atoms with Crippen LogP contribution in [0.1, 0.15) is 20.7 Å². The molecule has 0 atom stereocenters. The minimum atomic E-state index is -4.79. The van der Waals surface area contributed by atoms with E-state index < -0.39 is 44.9 Å². The van der Waals surface area contributed by atoms with Gasteiger partial charge in [0.1, 0.15) is 0 Å². The minimum Gasteiger partial charge on any atom is -0.452 e. The quantitative estimate of drug-likeness (QED) is 0.467. The Balaban J connectivity index is 1.60. The molecule has 3 aromatic rings. The van der Waals surface area contributed by atoms with Crippen molar-refractivity contribution in [2.75, 3.05) is 17.2 Å². The molecule has 0 spiro atoms. The van der Waals surface area contributed by atoms with Gasteiger partial charge in [-0.3, -0.25) is 9.59 Å². The molecule has 0 saturated carbocycles. The molecule has 0 aliphatic carbocycles. The van der Waals surface area contributed by atoms with Crippen LogP contribution in [0.2, 0.25) is 0 Å². The van der Waals surface area contributed by atoms with Crippen molar-refractivity contribution in [2.24, 2.45) is 0 Å². The van der Waals surface area contributed by atoms with E-state index in [1.54, 1.807) is 42.5 Å². The van der Waals surface area contributed by atoms with E-state index in [0.29, 0.717) is 5.69 Å². The molecular weight excluding hydrogens is 470 g/mol. The first-order chi connectivity index (χ1) is 16.2. The molecule has 0 aromatic heterocycles. The summed E-state index contributed by atoms with van der Waals surface area (Å²) in [5.74, 6) is -5.75. The van der Waals surface area contributed by atoms with Crippen LogP contribution in [0.25, 0.3) is 0 Å². The standard InChI is InChI=1S/C23H18F2N2O6S/c24-23(25)34(31,32)17-12-10-15(11-13-17)22(30)33-14-20(28)27-19-9-5-4-8-18(19)21(29)26-16-6-2-1-3-7-16/h1-13,23H,14H2,(H,26,29)(H,27,28). The smallest absolute Gasteiger partial charge is 0.341 e. The van der Waals surface area contributed by atoms with Gasteiger partial charge in [-0.25, -0.2) is 13.2 Å². The highest BCUT2D eigenvalue weighted by Gasteiger charge is 2.26. The van der Waals surface area contributed by atoms with Gasteiger partial charge >= 0.3 is 11.7 Å². The zero-order valence-electron chi connectivity index (χ0n) is 17.4. The summed E-state index contributed by atoms with van der Waals surface area (Å²) in [5, 5.41) is 5.19. The van der Waals surface area contributed by atoms with Crippen LogP contribution in [0, 0.1) is 0 Å². The normalized spacial score (nSPS) is 11.0. The third-order valence-corrected chi connectivity index (χ3v) is 5.86. The second-order valence-corrected chi connectivity index (χ2v) is 8.74. The summed E-state index contributed by atoms with van der Waals surface area (Å²) in [6, 6.07) is 18.6. The number of anilines is 2. The minimum absolute atomic E-state index is 0.136. The van der Waals surface area contributed by atoms with E-state index in [2.05, 4.69) is 10.6 Å². The zero-order valence-corrected chi connectivity index (χ0v) is 18.2. The monoisotopic (exact) mass is 488 g/mol. The number of hydrogen-bond donors (Lipinski definition) is 2. The highest BCUT2D eigenvalue weighted by Crippen LogP contribution is 2.20. The SMILES string of the molecule is O=C(COC(=O)c1ccc(S(=O)(=O)C(F)F)cc1)Nc1ccccc1C(=O)Nc1ccccc1. The van der Waals surface area contributed by atoms with Gasteiger partial charge in [-0.05, 0) is 48.5 Å². The average molecular weight is 488 g/mol. The number of para-hydroxylation sites is 2. The van der Waals surface area contributed by atoms with Crippen molar-refractivity contribution in [3.8, 4) is 0 Å². The van der Waals surface area contributed by atoms with E-state index in [-0.39, 0.29) is 16.8 Å². The fraction of sp³-hybridized carbons (Fsp3) is 0.0870. The maximum atomic E-state index is 12.6. The molecule has 0 heterocycles. The van der Waals surface area contributed by atoms with E-state index in [1.807, 2.05) is 0 Å². The summed E-state index contributed by atoms with van der Waals surface area (Å²) < 4.78 is 52.9. The molecule has 2 amide bonds. The number of nitrogens with one attached hydrogen (secondary N) is 2. The van der Waals surface area contributed by atoms with Crippen LogP contribution in [0.15, 0.2) is 83.8 Å². The van der Waals surface area contributed by atoms with Crippen molar-refractivity contribution in [2.45, 2.75) is 10.7 Å². The molecule has 0 unspecified atom stereocenters. The van der Waals surface area contributed by atoms with E-state index >= 15 is 0 Å². The Bertz CT molecular complexity index is 1300. The summed E-state index contributed by atoms with van der Waals surface area (Å²) >= 11 is 0. The Morgan fingerprint density at radius 3 is 2.09 bits per heavy atom. The van der Waals surface area contributed by atoms with E-state index in [0.717, 1.165) is 24.3 Å². The second kappa shape index (κ2) is 10.7. The van der Waals surface area contributed by atoms with Crippen LogP contribution in [-0.4, -0.2) is 38.6 Å². The molecule has 3 aromatic carbocycles. The Morgan fingerprint density at radius 2 is 1.44 bits per heavy atom. The molecule has 3 rings (SSSR count). The Labute approximate surface area is 193 Å². The first-order valence-corrected chi connectivity index (χ1v) is 11.3. The third-order valence-electron chi connectivity index (χ3n) is 4.46. The predicted octanol–water partition coefficient (Wildman–Crippen LogP) is 3.73. The molecule has 0 radical (unpaired) electrons. The summed E-state index contributed by atoms with van der Waals surface area (Å²) in [7, 11) is -4.79. The predicted molar refractivity (Wildman–Crippen MR) is 119 cm³/mol. The highest BCUT2D eigenvalue weighted by atomic mass is 32.2. The third kappa shape index (κ3) is 6.01. The van der Waals surface area contributed by atoms with Gasteiger partial charge in [0, 0.05) is 5.69 Å². The molecule has 0 aliphatic heterocycles. The Kier molecular flexibility index (Phi) is 7.69. The zero-order chi connectivity index (χ0) is 24.7. The highest BCUT2D eigenvalue weighted by molar-refractivity contribution is 7.91. The maximum absolute atomic E-state index is 12.6. The molecule has 0 fully saturated rings. The van der Waals surface area contributed by atoms with Gasteiger partial charge in [0.15, 0.2) is 6.61 Å². The largest absolute Gasteiger partial charge is 0.452 e. The number of esters is 1. The van der Waals surface area contributed by atoms with Crippen LogP contribution in [0.3, 0.4) is 0 Å². The summed E-state index contributed by atoms with van der Waals surface area (Å²) in [4.78, 5) is 36.3. The van der Waals surface area contributed by atoms with Gasteiger partial charge < -0.3 is 15.4 Å². The van der Waals surface area contributed by atoms with Gasteiger partial charge in [-0.1, -0.05) is 30.3 Å². The van der Waals surface area contributed by atoms with E-state index in [4.69, 9.17) is 4.74 Å². The lowest BCUT2D eigenvalue weighted by Gasteiger charge is -2.12. The summed E-state index contributed by atoms with van der Waals surface area (Å²) in [6.45, 7) is -0.704. The molecule has 0 bridgehead atoms. The summed E-state index contributed by atoms with van der Waals surface area (Å²) in [6.07, 6.45) is 0. The van der Waals surface area contributed by atoms with Gasteiger partial charge in [0.25, 0.3) is 11.8 Å². The number of rotatable bonds is 8. The first kappa shape index (κ1) is 24.5. The maximum Gasteiger partial charge on any atom is 0.341 e. The van der Waals surface area contributed by atoms with Crippen molar-refractivity contribution < 1.29 is 36.3 Å². The number of halogens is 2. The number of benzene rings is 3. The lowest BCUT2D eigenvalue weighted by atomic mass is 10.1. The average Bonchev–Trinajstić information content (AvgIpc) is 2.83. The van der Waals surface area contributed by atoms with Crippen LogP contribution in [0.4, 0.5) is 20.2 Å². The van der Waals surface area contributed by atoms with Crippen LogP contribution < -0.4 is 10.6 Å². The number of ether oxygens (including phenoxy) is 1. The number of alkyl halides is 2. The molecule has 34 heavy (non-hydrogen) atoms. The molecule has 0 saturated heterocycles. The molecular formula is C23H18F2N2O6S. The van der Waals surface area contributed by atoms with Crippen molar-refractivity contribution >= 4 is 39.0 Å². The Hall–Kier alpha value is -4.12. The Morgan fingerprint density at radius 1 is 0.824 bits per heavy atom. The van der Waals surface area contributed by atoms with Crippen molar-refractivity contribution in [3.05, 3.63) is 90.0 Å². The first-order valence-electron chi connectivity index (χ1n) is 9.73. The molecule has 11 heteroatoms. The van der Waals surface area contributed by atoms with Crippen molar-refractivity contribution in [1.82, 2.24) is 0 Å². The topological polar surface area (TPSA) is 119 Å². The fourth-order valence-electron chi connectivity index (χ4n) is 2.79. The van der Waals surface area contributed by atoms with Gasteiger partial charge in [-0.15, -0.1) is 0 Å². The number of amides is 2. The van der Waals surface area contributed by atoms with E-state index in [9.17, 15) is 31.6 Å². The van der Waals surface area contributed by atoms with Crippen LogP contribution >= 0.6 is 0 Å². The van der Waals surface area contributed by atoms with E-state index in [1.165, 1.54) is 12.1 Å². The molecule has 176 valence electrons. The second-order valence-electron chi connectivity index (χ2n) is 6.82. The molecule has 8 nitrogen and oxygen atoms in total. The van der Waals surface area contributed by atoms with Gasteiger partial charge in [0.2, 0.25) is 9.84 Å².